The maximum absolute atomic E-state index is 10.7. The van der Waals surface area contributed by atoms with Crippen LogP contribution in [0.5, 0.6) is 0 Å². The average Bonchev–Trinajstić information content (AvgIpc) is 2.44. The smallest absolute Gasteiger partial charge is 0.341 e. The van der Waals surface area contributed by atoms with Gasteiger partial charge in [0.15, 0.2) is 0 Å². The van der Waals surface area contributed by atoms with Gasteiger partial charge < -0.3 is 5.11 Å². The Morgan fingerprint density at radius 3 is 3.08 bits per heavy atom. The molecule has 7 heteroatoms. The third-order valence-corrected chi connectivity index (χ3v) is 1.53. The molecule has 62 valence electrons. The first-order chi connectivity index (χ1) is 5.70. The van der Waals surface area contributed by atoms with Gasteiger partial charge in [-0.05, 0) is 12.1 Å². The van der Waals surface area contributed by atoms with E-state index in [1.165, 1.54) is 4.63 Å². The van der Waals surface area contributed by atoms with E-state index in [0.29, 0.717) is 5.69 Å². The van der Waals surface area contributed by atoms with Crippen molar-refractivity contribution in [3.63, 3.8) is 0 Å². The molecule has 0 bridgehead atoms. The number of aryl methyl sites for hydroxylation is 1. The number of H-pyrrole nitrogens is 1. The van der Waals surface area contributed by atoms with Crippen LogP contribution in [0.15, 0.2) is 0 Å². The zero-order chi connectivity index (χ0) is 8.72. The molecule has 12 heavy (non-hydrogen) atoms. The Labute approximate surface area is 66.0 Å². The molecule has 2 heterocycles. The summed E-state index contributed by atoms with van der Waals surface area (Å²) in [6.07, 6.45) is 0. The molecule has 0 aliphatic heterocycles. The fourth-order valence-corrected chi connectivity index (χ4v) is 1.04. The SMILES string of the molecule is Cc1nn2[nH]nnc2c1C(=O)O. The predicted octanol–water partition coefficient (Wildman–Crippen LogP) is -0.541. The molecule has 0 aliphatic rings. The predicted molar refractivity (Wildman–Crippen MR) is 36.8 cm³/mol. The van der Waals surface area contributed by atoms with Crippen molar-refractivity contribution in [3.05, 3.63) is 11.3 Å². The summed E-state index contributed by atoms with van der Waals surface area (Å²) in [6, 6.07) is 0. The van der Waals surface area contributed by atoms with Gasteiger partial charge in [-0.3, -0.25) is 0 Å². The van der Waals surface area contributed by atoms with Crippen LogP contribution < -0.4 is 0 Å². The molecule has 7 nitrogen and oxygen atoms in total. The first-order valence-electron chi connectivity index (χ1n) is 3.20. The van der Waals surface area contributed by atoms with Crippen LogP contribution in [-0.4, -0.2) is 36.3 Å². The molecule has 0 fully saturated rings. The highest BCUT2D eigenvalue weighted by molar-refractivity contribution is 5.95. The Morgan fingerprint density at radius 2 is 2.42 bits per heavy atom. The summed E-state index contributed by atoms with van der Waals surface area (Å²) >= 11 is 0. The zero-order valence-corrected chi connectivity index (χ0v) is 6.14. The van der Waals surface area contributed by atoms with E-state index < -0.39 is 5.97 Å². The first kappa shape index (κ1) is 6.77. The third-order valence-electron chi connectivity index (χ3n) is 1.53. The molecule has 0 saturated heterocycles. The fourth-order valence-electron chi connectivity index (χ4n) is 1.04. The first-order valence-corrected chi connectivity index (χ1v) is 3.20. The number of tetrazole rings is 1. The molecule has 0 unspecified atom stereocenters. The molecular formula is C5H5N5O2. The van der Waals surface area contributed by atoms with E-state index in [0.717, 1.165) is 0 Å². The summed E-state index contributed by atoms with van der Waals surface area (Å²) in [5.74, 6) is -1.04. The maximum Gasteiger partial charge on any atom is 0.341 e. The highest BCUT2D eigenvalue weighted by atomic mass is 16.4. The van der Waals surface area contributed by atoms with Gasteiger partial charge in [-0.25, -0.2) is 4.79 Å². The summed E-state index contributed by atoms with van der Waals surface area (Å²) in [4.78, 5) is 10.7. The zero-order valence-electron chi connectivity index (χ0n) is 6.14. The number of hydrogen-bond acceptors (Lipinski definition) is 4. The summed E-state index contributed by atoms with van der Waals surface area (Å²) < 4.78 is 1.22. The second kappa shape index (κ2) is 2.03. The molecule has 0 aliphatic carbocycles. The van der Waals surface area contributed by atoms with Crippen molar-refractivity contribution in [1.82, 2.24) is 25.3 Å². The van der Waals surface area contributed by atoms with Crippen molar-refractivity contribution in [2.45, 2.75) is 6.92 Å². The topological polar surface area (TPSA) is 96.2 Å². The van der Waals surface area contributed by atoms with Crippen LogP contribution in [0.3, 0.4) is 0 Å². The van der Waals surface area contributed by atoms with E-state index in [9.17, 15) is 4.79 Å². The van der Waals surface area contributed by atoms with Gasteiger partial charge in [0.25, 0.3) is 0 Å². The van der Waals surface area contributed by atoms with Crippen LogP contribution >= 0.6 is 0 Å². The lowest BCUT2D eigenvalue weighted by Crippen LogP contribution is -1.97. The number of nitrogens with zero attached hydrogens (tertiary/aromatic N) is 4. The van der Waals surface area contributed by atoms with Crippen LogP contribution in [0.25, 0.3) is 5.65 Å². The summed E-state index contributed by atoms with van der Waals surface area (Å²) in [7, 11) is 0. The Hall–Kier alpha value is -1.92. The molecule has 0 atom stereocenters. The standard InChI is InChI=1S/C5H5N5O2/c1-2-3(5(11)12)4-6-8-9-10(4)7-2/h1H3,(H,6,9)(H,11,12). The lowest BCUT2D eigenvalue weighted by Gasteiger charge is -1.85. The van der Waals surface area contributed by atoms with E-state index in [2.05, 4.69) is 20.6 Å². The van der Waals surface area contributed by atoms with E-state index in [1.807, 2.05) is 0 Å². The van der Waals surface area contributed by atoms with Gasteiger partial charge in [0, 0.05) is 0 Å². The van der Waals surface area contributed by atoms with E-state index >= 15 is 0 Å². The summed E-state index contributed by atoms with van der Waals surface area (Å²) in [5.41, 5.74) is 0.743. The van der Waals surface area contributed by atoms with Crippen molar-refractivity contribution in [1.29, 1.82) is 0 Å². The molecule has 0 spiro atoms. The molecule has 2 rings (SSSR count). The van der Waals surface area contributed by atoms with Gasteiger partial charge in [0.05, 0.1) is 5.69 Å². The minimum Gasteiger partial charge on any atom is -0.477 e. The van der Waals surface area contributed by atoms with Gasteiger partial charge in [0.1, 0.15) is 5.56 Å². The van der Waals surface area contributed by atoms with Crippen LogP contribution in [0.2, 0.25) is 0 Å². The highest BCUT2D eigenvalue weighted by Crippen LogP contribution is 2.10. The van der Waals surface area contributed by atoms with Crippen molar-refractivity contribution in [2.24, 2.45) is 0 Å². The molecule has 0 amide bonds. The van der Waals surface area contributed by atoms with Gasteiger partial charge in [0.2, 0.25) is 5.65 Å². The minimum absolute atomic E-state index is 0.0868. The quantitative estimate of drug-likeness (QED) is 0.594. The number of carboxylic acids is 1. The van der Waals surface area contributed by atoms with Gasteiger partial charge in [-0.1, -0.05) is 0 Å². The van der Waals surface area contributed by atoms with Crippen LogP contribution in [0, 0.1) is 6.92 Å². The number of carbonyl (C=O) groups is 1. The Bertz CT molecular complexity index is 442. The van der Waals surface area contributed by atoms with Crippen molar-refractivity contribution in [3.8, 4) is 0 Å². The normalized spacial score (nSPS) is 10.8. The monoisotopic (exact) mass is 167 g/mol. The van der Waals surface area contributed by atoms with Crippen LogP contribution in [0.1, 0.15) is 16.1 Å². The lowest BCUT2D eigenvalue weighted by atomic mass is 10.2. The highest BCUT2D eigenvalue weighted by Gasteiger charge is 2.18. The fraction of sp³-hybridized carbons (Fsp3) is 0.200. The molecular weight excluding hydrogens is 162 g/mol. The maximum atomic E-state index is 10.7. The van der Waals surface area contributed by atoms with Crippen molar-refractivity contribution < 1.29 is 9.90 Å². The van der Waals surface area contributed by atoms with E-state index in [1.54, 1.807) is 6.92 Å². The van der Waals surface area contributed by atoms with Crippen molar-refractivity contribution in [2.75, 3.05) is 0 Å². The number of aromatic nitrogens is 5. The van der Waals surface area contributed by atoms with Crippen molar-refractivity contribution >= 4 is 11.6 Å². The van der Waals surface area contributed by atoms with Gasteiger partial charge in [-0.2, -0.15) is 10.3 Å². The third kappa shape index (κ3) is 0.698. The molecule has 0 saturated carbocycles. The summed E-state index contributed by atoms with van der Waals surface area (Å²) in [5, 5.41) is 22.0. The van der Waals surface area contributed by atoms with Crippen LogP contribution in [-0.2, 0) is 0 Å². The summed E-state index contributed by atoms with van der Waals surface area (Å²) in [6.45, 7) is 1.60. The number of hydrogen-bond donors (Lipinski definition) is 2. The second-order valence-electron chi connectivity index (χ2n) is 2.30. The Kier molecular flexibility index (Phi) is 1.15. The molecule has 2 N–H and O–H groups in total. The van der Waals surface area contributed by atoms with E-state index in [-0.39, 0.29) is 11.2 Å². The minimum atomic E-state index is -1.04. The number of fused-ring (bicyclic) bond motifs is 1. The Balaban J connectivity index is 2.84. The Morgan fingerprint density at radius 1 is 1.67 bits per heavy atom. The van der Waals surface area contributed by atoms with Gasteiger partial charge in [-0.15, -0.1) is 9.73 Å². The number of carboxylic acid groups (broad SMARTS) is 1. The largest absolute Gasteiger partial charge is 0.477 e. The number of aromatic amines is 1. The van der Waals surface area contributed by atoms with Gasteiger partial charge >= 0.3 is 5.97 Å². The number of rotatable bonds is 1. The number of aromatic carboxylic acids is 1. The molecule has 0 radical (unpaired) electrons. The van der Waals surface area contributed by atoms with E-state index in [4.69, 9.17) is 5.11 Å². The lowest BCUT2D eigenvalue weighted by molar-refractivity contribution is 0.0698. The molecule has 2 aromatic heterocycles. The molecule has 2 aromatic rings. The molecule has 0 aromatic carbocycles. The second-order valence-corrected chi connectivity index (χ2v) is 2.30. The average molecular weight is 167 g/mol. The number of nitrogens with one attached hydrogen (secondary N) is 1. The van der Waals surface area contributed by atoms with Crippen LogP contribution in [0.4, 0.5) is 0 Å².